The van der Waals surface area contributed by atoms with Crippen molar-refractivity contribution in [1.29, 1.82) is 0 Å². The number of amides is 2. The molecule has 2 fully saturated rings. The zero-order valence-electron chi connectivity index (χ0n) is 17.6. The van der Waals surface area contributed by atoms with Gasteiger partial charge in [-0.3, -0.25) is 9.59 Å². The number of anilines is 2. The average molecular weight is 437 g/mol. The molecule has 31 heavy (non-hydrogen) atoms. The van der Waals surface area contributed by atoms with Crippen LogP contribution in [0.2, 0.25) is 0 Å². The molecule has 0 aliphatic carbocycles. The Bertz CT molecular complexity index is 936. The number of carbonyl (C=O) groups is 2. The van der Waals surface area contributed by atoms with E-state index in [0.29, 0.717) is 11.7 Å². The van der Waals surface area contributed by atoms with Gasteiger partial charge in [0.25, 0.3) is 0 Å². The maximum absolute atomic E-state index is 12.4. The van der Waals surface area contributed by atoms with E-state index < -0.39 is 0 Å². The van der Waals surface area contributed by atoms with Gasteiger partial charge in [0.1, 0.15) is 0 Å². The normalized spacial score (nSPS) is 17.4. The minimum absolute atomic E-state index is 0.159. The summed E-state index contributed by atoms with van der Waals surface area (Å²) in [6.07, 6.45) is 7.09. The standard InChI is InChI=1S/C25H28N2O3S/c28-24(11-8-19-6-9-22(10-7-19)27-14-2-5-25(27)29)26-21-4-1-3-20(17-21)18-31-23-12-15-30-16-13-23/h1,3-4,6-11,17,23H,2,5,12-16,18H2,(H,26,28)/b11-8+. The maximum Gasteiger partial charge on any atom is 0.248 e. The van der Waals surface area contributed by atoms with Crippen molar-refractivity contribution in [3.63, 3.8) is 0 Å². The molecule has 2 amide bonds. The lowest BCUT2D eigenvalue weighted by Crippen LogP contribution is -2.23. The number of rotatable bonds is 7. The number of hydrogen-bond donors (Lipinski definition) is 1. The number of thioether (sulfide) groups is 1. The summed E-state index contributed by atoms with van der Waals surface area (Å²) in [6, 6.07) is 15.8. The summed E-state index contributed by atoms with van der Waals surface area (Å²) in [5.74, 6) is 0.958. The summed E-state index contributed by atoms with van der Waals surface area (Å²) >= 11 is 1.96. The van der Waals surface area contributed by atoms with E-state index in [1.807, 2.05) is 59.1 Å². The Kier molecular flexibility index (Phi) is 7.43. The van der Waals surface area contributed by atoms with Crippen molar-refractivity contribution >= 4 is 41.0 Å². The number of benzene rings is 2. The summed E-state index contributed by atoms with van der Waals surface area (Å²) in [7, 11) is 0. The van der Waals surface area contributed by atoms with Crippen molar-refractivity contribution < 1.29 is 14.3 Å². The Hall–Kier alpha value is -2.57. The van der Waals surface area contributed by atoms with Gasteiger partial charge in [-0.2, -0.15) is 11.8 Å². The van der Waals surface area contributed by atoms with E-state index in [-0.39, 0.29) is 11.8 Å². The van der Waals surface area contributed by atoms with Gasteiger partial charge in [-0.05, 0) is 60.7 Å². The van der Waals surface area contributed by atoms with Gasteiger partial charge < -0.3 is 15.0 Å². The van der Waals surface area contributed by atoms with E-state index >= 15 is 0 Å². The fourth-order valence-corrected chi connectivity index (χ4v) is 4.97. The molecule has 6 heteroatoms. The van der Waals surface area contributed by atoms with E-state index in [1.54, 1.807) is 12.2 Å². The third-order valence-electron chi connectivity index (χ3n) is 5.55. The monoisotopic (exact) mass is 436 g/mol. The van der Waals surface area contributed by atoms with Gasteiger partial charge in [0.05, 0.1) is 0 Å². The van der Waals surface area contributed by atoms with Crippen LogP contribution in [0.25, 0.3) is 6.08 Å². The first-order chi connectivity index (χ1) is 15.2. The van der Waals surface area contributed by atoms with Crippen LogP contribution in [-0.4, -0.2) is 36.8 Å². The average Bonchev–Trinajstić information content (AvgIpc) is 3.23. The van der Waals surface area contributed by atoms with E-state index in [2.05, 4.69) is 11.4 Å². The van der Waals surface area contributed by atoms with Crippen LogP contribution in [0.4, 0.5) is 11.4 Å². The molecule has 5 nitrogen and oxygen atoms in total. The van der Waals surface area contributed by atoms with Gasteiger partial charge in [-0.15, -0.1) is 0 Å². The SMILES string of the molecule is O=C(/C=C/c1ccc(N2CCCC2=O)cc1)Nc1cccc(CSC2CCOCC2)c1. The molecule has 0 radical (unpaired) electrons. The lowest BCUT2D eigenvalue weighted by molar-refractivity contribution is -0.117. The molecule has 0 atom stereocenters. The van der Waals surface area contributed by atoms with E-state index in [9.17, 15) is 9.59 Å². The van der Waals surface area contributed by atoms with Crippen molar-refractivity contribution in [2.75, 3.05) is 30.0 Å². The Labute approximate surface area is 187 Å². The second kappa shape index (κ2) is 10.6. The van der Waals surface area contributed by atoms with Crippen molar-refractivity contribution in [3.8, 4) is 0 Å². The largest absolute Gasteiger partial charge is 0.381 e. The van der Waals surface area contributed by atoms with Gasteiger partial charge in [0, 0.05) is 54.6 Å². The number of ether oxygens (including phenoxy) is 1. The molecule has 0 spiro atoms. The number of nitrogens with one attached hydrogen (secondary N) is 1. The van der Waals surface area contributed by atoms with E-state index in [0.717, 1.165) is 61.7 Å². The molecule has 4 rings (SSSR count). The van der Waals surface area contributed by atoms with Crippen LogP contribution in [0.3, 0.4) is 0 Å². The van der Waals surface area contributed by atoms with Gasteiger partial charge >= 0.3 is 0 Å². The predicted molar refractivity (Wildman–Crippen MR) is 127 cm³/mol. The van der Waals surface area contributed by atoms with Crippen molar-refractivity contribution in [2.24, 2.45) is 0 Å². The van der Waals surface area contributed by atoms with Crippen LogP contribution in [0, 0.1) is 0 Å². The zero-order valence-corrected chi connectivity index (χ0v) is 18.4. The molecular weight excluding hydrogens is 408 g/mol. The Morgan fingerprint density at radius 1 is 1.16 bits per heavy atom. The number of hydrogen-bond acceptors (Lipinski definition) is 4. The van der Waals surface area contributed by atoms with Crippen molar-refractivity contribution in [2.45, 2.75) is 36.7 Å². The minimum atomic E-state index is -0.159. The lowest BCUT2D eigenvalue weighted by atomic mass is 10.2. The fraction of sp³-hybridized carbons (Fsp3) is 0.360. The van der Waals surface area contributed by atoms with Crippen LogP contribution >= 0.6 is 11.8 Å². The summed E-state index contributed by atoms with van der Waals surface area (Å²) in [5.41, 5.74) is 3.86. The molecule has 0 bridgehead atoms. The summed E-state index contributed by atoms with van der Waals surface area (Å²) in [4.78, 5) is 26.0. The van der Waals surface area contributed by atoms with Gasteiger partial charge in [-0.25, -0.2) is 0 Å². The van der Waals surface area contributed by atoms with E-state index in [1.165, 1.54) is 5.56 Å². The van der Waals surface area contributed by atoms with Crippen LogP contribution in [0.1, 0.15) is 36.8 Å². The smallest absolute Gasteiger partial charge is 0.248 e. The summed E-state index contributed by atoms with van der Waals surface area (Å²) in [6.45, 7) is 2.50. The lowest BCUT2D eigenvalue weighted by Gasteiger charge is -2.21. The first-order valence-electron chi connectivity index (χ1n) is 10.9. The highest BCUT2D eigenvalue weighted by atomic mass is 32.2. The molecule has 2 aromatic rings. The molecule has 2 aliphatic rings. The highest BCUT2D eigenvalue weighted by molar-refractivity contribution is 7.99. The van der Waals surface area contributed by atoms with Gasteiger partial charge in [0.15, 0.2) is 0 Å². The first-order valence-corrected chi connectivity index (χ1v) is 11.9. The maximum atomic E-state index is 12.4. The van der Waals surface area contributed by atoms with Crippen LogP contribution in [-0.2, 0) is 20.1 Å². The fourth-order valence-electron chi connectivity index (χ4n) is 3.84. The molecule has 2 aromatic carbocycles. The number of carbonyl (C=O) groups excluding carboxylic acids is 2. The Morgan fingerprint density at radius 2 is 1.97 bits per heavy atom. The highest BCUT2D eigenvalue weighted by Gasteiger charge is 2.21. The van der Waals surface area contributed by atoms with E-state index in [4.69, 9.17) is 4.74 Å². The first kappa shape index (κ1) is 21.7. The molecule has 2 aliphatic heterocycles. The van der Waals surface area contributed by atoms with Crippen molar-refractivity contribution in [1.82, 2.24) is 0 Å². The molecule has 0 saturated carbocycles. The summed E-state index contributed by atoms with van der Waals surface area (Å²) < 4.78 is 5.42. The Morgan fingerprint density at radius 3 is 2.71 bits per heavy atom. The molecule has 1 N–H and O–H groups in total. The van der Waals surface area contributed by atoms with Gasteiger partial charge in [-0.1, -0.05) is 24.3 Å². The van der Waals surface area contributed by atoms with Crippen molar-refractivity contribution in [3.05, 3.63) is 65.7 Å². The topological polar surface area (TPSA) is 58.6 Å². The minimum Gasteiger partial charge on any atom is -0.381 e. The Balaban J connectivity index is 1.29. The molecule has 0 aromatic heterocycles. The van der Waals surface area contributed by atoms with Gasteiger partial charge in [0.2, 0.25) is 11.8 Å². The highest BCUT2D eigenvalue weighted by Crippen LogP contribution is 2.26. The van der Waals surface area contributed by atoms with Crippen LogP contribution in [0.15, 0.2) is 54.6 Å². The third-order valence-corrected chi connectivity index (χ3v) is 7.00. The summed E-state index contributed by atoms with van der Waals surface area (Å²) in [5, 5.41) is 3.60. The quantitative estimate of drug-likeness (QED) is 0.629. The molecule has 2 saturated heterocycles. The second-order valence-electron chi connectivity index (χ2n) is 7.89. The molecule has 162 valence electrons. The zero-order chi connectivity index (χ0) is 21.5. The predicted octanol–water partition coefficient (Wildman–Crippen LogP) is 4.88. The van der Waals surface area contributed by atoms with Crippen LogP contribution < -0.4 is 10.2 Å². The molecule has 0 unspecified atom stereocenters. The second-order valence-corrected chi connectivity index (χ2v) is 9.17. The third kappa shape index (κ3) is 6.21. The molecular formula is C25H28N2O3S. The molecule has 2 heterocycles. The van der Waals surface area contributed by atoms with Crippen LogP contribution in [0.5, 0.6) is 0 Å². The number of nitrogens with zero attached hydrogens (tertiary/aromatic N) is 1.